The monoisotopic (exact) mass is 500 g/mol. The minimum absolute atomic E-state index is 0.0850. The van der Waals surface area contributed by atoms with Crippen LogP contribution in [0.3, 0.4) is 0 Å². The third-order valence-corrected chi connectivity index (χ3v) is 7.73. The van der Waals surface area contributed by atoms with E-state index in [1.165, 1.54) is 28.7 Å². The number of methoxy groups -OCH3 is 1. The van der Waals surface area contributed by atoms with Gasteiger partial charge in [0.2, 0.25) is 0 Å². The molecular weight excluding hydrogens is 476 g/mol. The molecule has 31 heavy (non-hydrogen) atoms. The fourth-order valence-corrected chi connectivity index (χ4v) is 6.20. The third-order valence-electron chi connectivity index (χ3n) is 6.05. The Hall–Kier alpha value is -2.03. The Morgan fingerprint density at radius 1 is 1.16 bits per heavy atom. The Morgan fingerprint density at radius 3 is 2.74 bits per heavy atom. The maximum Gasteiger partial charge on any atom is 0.254 e. The van der Waals surface area contributed by atoms with Crippen molar-refractivity contribution >= 4 is 49.2 Å². The van der Waals surface area contributed by atoms with E-state index < -0.39 is 0 Å². The van der Waals surface area contributed by atoms with Gasteiger partial charge in [0.15, 0.2) is 5.82 Å². The first kappa shape index (κ1) is 20.8. The zero-order valence-electron chi connectivity index (χ0n) is 17.6. The quantitative estimate of drug-likeness (QED) is 0.529. The zero-order valence-corrected chi connectivity index (χ0v) is 20.0. The molecule has 1 fully saturated rings. The number of thiophene rings is 1. The first-order chi connectivity index (χ1) is 15.1. The number of hydrogen-bond acceptors (Lipinski definition) is 6. The minimum Gasteiger partial charge on any atom is -0.377 e. The summed E-state index contributed by atoms with van der Waals surface area (Å²) in [5.74, 6) is 1.84. The molecule has 8 heteroatoms. The summed E-state index contributed by atoms with van der Waals surface area (Å²) in [6.07, 6.45) is 4.73. The highest BCUT2D eigenvalue weighted by Crippen LogP contribution is 2.40. The number of carbonyl (C=O) groups excluding carboxylic acids is 1. The molecule has 162 valence electrons. The molecule has 0 bridgehead atoms. The average Bonchev–Trinajstić information content (AvgIpc) is 3.17. The highest BCUT2D eigenvalue weighted by molar-refractivity contribution is 9.10. The molecular formula is C23H25BrN4O2S. The van der Waals surface area contributed by atoms with Crippen molar-refractivity contribution in [3.05, 3.63) is 50.6 Å². The number of aryl methyl sites for hydroxylation is 2. The molecule has 1 aromatic carbocycles. The molecule has 1 amide bonds. The second-order valence-electron chi connectivity index (χ2n) is 8.08. The molecule has 0 saturated carbocycles. The van der Waals surface area contributed by atoms with Crippen LogP contribution in [0.1, 0.15) is 39.5 Å². The third kappa shape index (κ3) is 4.08. The average molecular weight is 501 g/mol. The lowest BCUT2D eigenvalue weighted by Crippen LogP contribution is -2.49. The lowest BCUT2D eigenvalue weighted by Gasteiger charge is -2.36. The van der Waals surface area contributed by atoms with Gasteiger partial charge in [0, 0.05) is 48.2 Å². The number of piperazine rings is 1. The van der Waals surface area contributed by atoms with Crippen molar-refractivity contribution in [2.45, 2.75) is 32.3 Å². The molecule has 0 unspecified atom stereocenters. The highest BCUT2D eigenvalue weighted by Gasteiger charge is 2.27. The number of rotatable bonds is 4. The molecule has 1 aliphatic carbocycles. The van der Waals surface area contributed by atoms with Crippen LogP contribution < -0.4 is 4.90 Å². The van der Waals surface area contributed by atoms with Crippen molar-refractivity contribution in [1.29, 1.82) is 0 Å². The number of anilines is 1. The molecule has 0 radical (unpaired) electrons. The van der Waals surface area contributed by atoms with E-state index in [0.717, 1.165) is 52.4 Å². The number of fused-ring (bicyclic) bond motifs is 3. The second kappa shape index (κ2) is 8.84. The van der Waals surface area contributed by atoms with Crippen molar-refractivity contribution in [2.24, 2.45) is 0 Å². The van der Waals surface area contributed by atoms with Crippen molar-refractivity contribution in [1.82, 2.24) is 14.9 Å². The number of hydrogen-bond donors (Lipinski definition) is 0. The van der Waals surface area contributed by atoms with E-state index >= 15 is 0 Å². The number of halogens is 1. The van der Waals surface area contributed by atoms with Gasteiger partial charge in [-0.25, -0.2) is 9.97 Å². The summed E-state index contributed by atoms with van der Waals surface area (Å²) in [6.45, 7) is 3.31. The number of aromatic nitrogens is 2. The van der Waals surface area contributed by atoms with E-state index in [9.17, 15) is 4.79 Å². The summed E-state index contributed by atoms with van der Waals surface area (Å²) >= 11 is 5.28. The van der Waals surface area contributed by atoms with Gasteiger partial charge >= 0.3 is 0 Å². The molecule has 0 N–H and O–H groups in total. The van der Waals surface area contributed by atoms with Gasteiger partial charge in [0.05, 0.1) is 5.39 Å². The molecule has 1 aliphatic heterocycles. The standard InChI is InChI=1S/C23H25BrN4O2S/c1-30-14-19-25-21(20-17-7-2-3-8-18(17)31-22(20)26-19)27-9-11-28(12-10-27)23(29)15-5-4-6-16(24)13-15/h4-6,13H,2-3,7-12,14H2,1H3. The zero-order chi connectivity index (χ0) is 21.4. The largest absolute Gasteiger partial charge is 0.377 e. The molecule has 0 spiro atoms. The van der Waals surface area contributed by atoms with Crippen molar-refractivity contribution < 1.29 is 9.53 Å². The van der Waals surface area contributed by atoms with Crippen molar-refractivity contribution in [3.63, 3.8) is 0 Å². The van der Waals surface area contributed by atoms with E-state index in [1.807, 2.05) is 40.5 Å². The maximum atomic E-state index is 12.9. The number of ether oxygens (including phenoxy) is 1. The number of carbonyl (C=O) groups is 1. The normalized spacial score (nSPS) is 16.6. The van der Waals surface area contributed by atoms with Gasteiger partial charge in [-0.15, -0.1) is 11.3 Å². The van der Waals surface area contributed by atoms with Crippen molar-refractivity contribution in [3.8, 4) is 0 Å². The Balaban J connectivity index is 1.42. The first-order valence-electron chi connectivity index (χ1n) is 10.7. The van der Waals surface area contributed by atoms with E-state index in [0.29, 0.717) is 19.7 Å². The second-order valence-corrected chi connectivity index (χ2v) is 10.1. The molecule has 0 atom stereocenters. The van der Waals surface area contributed by atoms with E-state index in [-0.39, 0.29) is 5.91 Å². The van der Waals surface area contributed by atoms with Crippen LogP contribution >= 0.6 is 27.3 Å². The van der Waals surface area contributed by atoms with E-state index in [2.05, 4.69) is 20.8 Å². The molecule has 3 heterocycles. The molecule has 5 rings (SSSR count). The van der Waals surface area contributed by atoms with Gasteiger partial charge in [-0.1, -0.05) is 22.0 Å². The van der Waals surface area contributed by atoms with Gasteiger partial charge in [0.25, 0.3) is 5.91 Å². The van der Waals surface area contributed by atoms with Crippen LogP contribution in [0.5, 0.6) is 0 Å². The summed E-state index contributed by atoms with van der Waals surface area (Å²) in [5.41, 5.74) is 2.17. The van der Waals surface area contributed by atoms with Gasteiger partial charge in [-0.3, -0.25) is 4.79 Å². The fraction of sp³-hybridized carbons (Fsp3) is 0.435. The van der Waals surface area contributed by atoms with Crippen molar-refractivity contribution in [2.75, 3.05) is 38.2 Å². The van der Waals surface area contributed by atoms with Crippen LogP contribution in [-0.4, -0.2) is 54.1 Å². The van der Waals surface area contributed by atoms with Gasteiger partial charge < -0.3 is 14.5 Å². The Labute approximate surface area is 194 Å². The molecule has 3 aromatic rings. The predicted octanol–water partition coefficient (Wildman–Crippen LogP) is 4.44. The molecule has 2 aromatic heterocycles. The fourth-order valence-electron chi connectivity index (χ4n) is 4.53. The van der Waals surface area contributed by atoms with Crippen LogP contribution in [-0.2, 0) is 24.2 Å². The number of amides is 1. The summed E-state index contributed by atoms with van der Waals surface area (Å²) in [4.78, 5) is 29.5. The molecule has 6 nitrogen and oxygen atoms in total. The topological polar surface area (TPSA) is 58.6 Å². The Bertz CT molecular complexity index is 1120. The van der Waals surface area contributed by atoms with E-state index in [4.69, 9.17) is 14.7 Å². The van der Waals surface area contributed by atoms with Crippen LogP contribution in [0, 0.1) is 0 Å². The van der Waals surface area contributed by atoms with Crippen LogP contribution in [0.25, 0.3) is 10.2 Å². The number of benzene rings is 1. The van der Waals surface area contributed by atoms with Crippen LogP contribution in [0.2, 0.25) is 0 Å². The number of nitrogens with zero attached hydrogens (tertiary/aromatic N) is 4. The Kier molecular flexibility index (Phi) is 5.95. The Morgan fingerprint density at radius 2 is 1.97 bits per heavy atom. The minimum atomic E-state index is 0.0850. The smallest absolute Gasteiger partial charge is 0.254 e. The lowest BCUT2D eigenvalue weighted by atomic mass is 9.97. The van der Waals surface area contributed by atoms with Gasteiger partial charge in [-0.2, -0.15) is 0 Å². The lowest BCUT2D eigenvalue weighted by molar-refractivity contribution is 0.0746. The van der Waals surface area contributed by atoms with Gasteiger partial charge in [0.1, 0.15) is 17.3 Å². The van der Waals surface area contributed by atoms with Crippen LogP contribution in [0.15, 0.2) is 28.7 Å². The first-order valence-corrected chi connectivity index (χ1v) is 12.3. The van der Waals surface area contributed by atoms with Gasteiger partial charge in [-0.05, 0) is 49.4 Å². The SMILES string of the molecule is COCc1nc(N2CCN(C(=O)c3cccc(Br)c3)CC2)c2c3c(sc2n1)CCCC3. The molecule has 1 saturated heterocycles. The molecule has 2 aliphatic rings. The summed E-state index contributed by atoms with van der Waals surface area (Å²) < 4.78 is 6.26. The highest BCUT2D eigenvalue weighted by atomic mass is 79.9. The predicted molar refractivity (Wildman–Crippen MR) is 127 cm³/mol. The summed E-state index contributed by atoms with van der Waals surface area (Å²) in [6, 6.07) is 7.61. The summed E-state index contributed by atoms with van der Waals surface area (Å²) in [5, 5.41) is 1.23. The maximum absolute atomic E-state index is 12.9. The van der Waals surface area contributed by atoms with Crippen LogP contribution in [0.4, 0.5) is 5.82 Å². The van der Waals surface area contributed by atoms with E-state index in [1.54, 1.807) is 7.11 Å². The summed E-state index contributed by atoms with van der Waals surface area (Å²) in [7, 11) is 1.68.